The molecule has 8 nitrogen and oxygen atoms in total. The molecule has 3 aliphatic carbocycles. The molecular formula is C104H70N8. The van der Waals surface area contributed by atoms with Gasteiger partial charge in [0.2, 0.25) is 0 Å². The van der Waals surface area contributed by atoms with Gasteiger partial charge in [0.05, 0.1) is 5.41 Å². The summed E-state index contributed by atoms with van der Waals surface area (Å²) in [5.74, 6) is 3.81. The fourth-order valence-electron chi connectivity index (χ4n) is 17.1. The lowest BCUT2D eigenvalue weighted by Crippen LogP contribution is -2.25. The molecule has 8 heteroatoms. The Balaban J connectivity index is 0.000000148. The number of nitrogens with zero attached hydrogens (tertiary/aromatic N) is 8. The molecule has 3 aliphatic rings. The van der Waals surface area contributed by atoms with Gasteiger partial charge in [-0.15, -0.1) is 0 Å². The topological polar surface area (TPSA) is 103 Å². The zero-order valence-corrected chi connectivity index (χ0v) is 61.5. The molecule has 0 saturated heterocycles. The summed E-state index contributed by atoms with van der Waals surface area (Å²) in [7, 11) is 0. The predicted octanol–water partition coefficient (Wildman–Crippen LogP) is 25.2. The third kappa shape index (κ3) is 11.7. The van der Waals surface area contributed by atoms with Crippen LogP contribution in [0.25, 0.3) is 168 Å². The SMILES string of the molecule is CC1(C)c2ccccc2-c2c(-c3ccc(-c4ccc(-c5nc(-c6ccccc6)nc(-c6ccc(-c7cccnc7)cc6)n5)cc4)cc3)cccc21.c1ccc(-c2nc(-c3ccc(-c4ccc(-c5cccc6c5-c5ccccc5C65c6ccccc6-c6ccccc65)cc4)cc3)nc(-c3ccc(-c4cccnc4)cc3)n2)cc1. The summed E-state index contributed by atoms with van der Waals surface area (Å²) in [5, 5.41) is 0. The number of fused-ring (bicyclic) bond motifs is 13. The molecule has 21 rings (SSSR count). The van der Waals surface area contributed by atoms with Crippen LogP contribution in [0, 0.1) is 0 Å². The molecule has 0 amide bonds. The molecule has 4 aromatic heterocycles. The highest BCUT2D eigenvalue weighted by Gasteiger charge is 2.52. The molecule has 0 N–H and O–H groups in total. The van der Waals surface area contributed by atoms with Crippen LogP contribution in [0.4, 0.5) is 0 Å². The normalized spacial score (nSPS) is 12.7. The monoisotopic (exact) mass is 1430 g/mol. The Kier molecular flexibility index (Phi) is 16.6. The van der Waals surface area contributed by atoms with Crippen molar-refractivity contribution in [1.29, 1.82) is 0 Å². The molecular weight excluding hydrogens is 1360 g/mol. The Morgan fingerprint density at radius 1 is 0.170 bits per heavy atom. The van der Waals surface area contributed by atoms with Gasteiger partial charge in [0.25, 0.3) is 0 Å². The van der Waals surface area contributed by atoms with Gasteiger partial charge in [-0.25, -0.2) is 29.9 Å². The molecule has 0 fully saturated rings. The number of hydrogen-bond donors (Lipinski definition) is 0. The molecule has 112 heavy (non-hydrogen) atoms. The summed E-state index contributed by atoms with van der Waals surface area (Å²) in [5.41, 5.74) is 35.2. The molecule has 4 heterocycles. The molecule has 0 atom stereocenters. The van der Waals surface area contributed by atoms with Crippen molar-refractivity contribution >= 4 is 0 Å². The maximum absolute atomic E-state index is 5.01. The van der Waals surface area contributed by atoms with Crippen LogP contribution >= 0.6 is 0 Å². The Labute approximate surface area is 651 Å². The van der Waals surface area contributed by atoms with Crippen LogP contribution < -0.4 is 0 Å². The van der Waals surface area contributed by atoms with Gasteiger partial charge in [-0.1, -0.05) is 366 Å². The van der Waals surface area contributed by atoms with Gasteiger partial charge in [0.1, 0.15) is 0 Å². The minimum Gasteiger partial charge on any atom is -0.264 e. The number of rotatable bonds is 12. The van der Waals surface area contributed by atoms with E-state index in [-0.39, 0.29) is 10.8 Å². The van der Waals surface area contributed by atoms with Gasteiger partial charge in [-0.3, -0.25) is 9.97 Å². The standard InChI is InChI=1S/C57H36N4.C47H34N4/c1-2-12-41(13-3-1)54-59-55(61-56(60-54)43-33-27-39(28-34-43)44-14-11-35-58-36-44)42-31-25-38(26-32-42)37-23-29-40(30-24-37)45-18-10-22-52-53(45)48-17-6-9-21-51(48)57(52)49-19-7-4-15-46(49)47-16-5-8-20-50(47)57;1-47(2)41-15-7-6-13-40(41)43-39(14-8-16-42(43)47)34-23-17-31(18-24-34)32-19-25-36(26-20-32)45-49-44(35-10-4-3-5-11-35)50-46(51-45)37-27-21-33(22-28-37)38-12-9-29-48-30-38/h1-36H;3-30H,1-2H3. The Bertz CT molecular complexity index is 6530. The van der Waals surface area contributed by atoms with Crippen LogP contribution in [-0.2, 0) is 10.8 Å². The van der Waals surface area contributed by atoms with E-state index in [4.69, 9.17) is 29.9 Å². The van der Waals surface area contributed by atoms with Crippen LogP contribution in [0.2, 0.25) is 0 Å². The maximum Gasteiger partial charge on any atom is 0.164 e. The van der Waals surface area contributed by atoms with E-state index in [0.717, 1.165) is 77.9 Å². The fraction of sp³-hybridized carbons (Fsp3) is 0.0385. The van der Waals surface area contributed by atoms with Gasteiger partial charge in [-0.2, -0.15) is 0 Å². The summed E-state index contributed by atoms with van der Waals surface area (Å²) in [6, 6.07) is 129. The molecule has 0 radical (unpaired) electrons. The number of aromatic nitrogens is 8. The predicted molar refractivity (Wildman–Crippen MR) is 454 cm³/mol. The van der Waals surface area contributed by atoms with Crippen molar-refractivity contribution in [2.24, 2.45) is 0 Å². The van der Waals surface area contributed by atoms with E-state index in [1.165, 1.54) is 89.0 Å². The fourth-order valence-corrected chi connectivity index (χ4v) is 17.1. The highest BCUT2D eigenvalue weighted by atomic mass is 15.0. The molecule has 526 valence electrons. The molecule has 0 aliphatic heterocycles. The second-order valence-electron chi connectivity index (χ2n) is 29.3. The quantitative estimate of drug-likeness (QED) is 0.119. The number of benzene rings is 14. The van der Waals surface area contributed by atoms with Gasteiger partial charge in [0, 0.05) is 63.6 Å². The van der Waals surface area contributed by atoms with Crippen LogP contribution in [-0.4, -0.2) is 39.9 Å². The average Bonchev–Trinajstić information content (AvgIpc) is 1.51. The summed E-state index contributed by atoms with van der Waals surface area (Å²) in [6.45, 7) is 4.66. The second-order valence-corrected chi connectivity index (χ2v) is 29.3. The first-order chi connectivity index (χ1) is 55.3. The molecule has 0 unspecified atom stereocenters. The molecule has 0 bridgehead atoms. The van der Waals surface area contributed by atoms with E-state index < -0.39 is 0 Å². The largest absolute Gasteiger partial charge is 0.264 e. The van der Waals surface area contributed by atoms with Crippen molar-refractivity contribution in [2.75, 3.05) is 0 Å². The van der Waals surface area contributed by atoms with Gasteiger partial charge in [-0.05, 0) is 146 Å². The summed E-state index contributed by atoms with van der Waals surface area (Å²) < 4.78 is 0. The number of pyridine rings is 2. The van der Waals surface area contributed by atoms with E-state index in [1.807, 2.05) is 85.2 Å². The van der Waals surface area contributed by atoms with Gasteiger partial charge in [0.15, 0.2) is 34.9 Å². The average molecular weight is 1430 g/mol. The van der Waals surface area contributed by atoms with Crippen molar-refractivity contribution in [3.8, 4) is 168 Å². The summed E-state index contributed by atoms with van der Waals surface area (Å²) in [6.07, 6.45) is 7.32. The first kappa shape index (κ1) is 66.8. The third-order valence-corrected chi connectivity index (χ3v) is 22.6. The lowest BCUT2D eigenvalue weighted by atomic mass is 9.70. The third-order valence-electron chi connectivity index (χ3n) is 22.6. The maximum atomic E-state index is 5.01. The van der Waals surface area contributed by atoms with Crippen LogP contribution in [0.3, 0.4) is 0 Å². The zero-order chi connectivity index (χ0) is 74.7. The molecule has 18 aromatic rings. The van der Waals surface area contributed by atoms with E-state index in [1.54, 1.807) is 12.4 Å². The van der Waals surface area contributed by atoms with E-state index in [9.17, 15) is 0 Å². The first-order valence-electron chi connectivity index (χ1n) is 38.0. The van der Waals surface area contributed by atoms with Crippen LogP contribution in [0.15, 0.2) is 389 Å². The minimum absolute atomic E-state index is 0.0182. The van der Waals surface area contributed by atoms with Gasteiger partial charge < -0.3 is 0 Å². The Hall–Kier alpha value is -14.6. The lowest BCUT2D eigenvalue weighted by Gasteiger charge is -2.30. The van der Waals surface area contributed by atoms with Gasteiger partial charge >= 0.3 is 0 Å². The lowest BCUT2D eigenvalue weighted by molar-refractivity contribution is 0.660. The van der Waals surface area contributed by atoms with Crippen LogP contribution in [0.5, 0.6) is 0 Å². The second kappa shape index (κ2) is 27.9. The van der Waals surface area contributed by atoms with Crippen molar-refractivity contribution < 1.29 is 0 Å². The van der Waals surface area contributed by atoms with Crippen molar-refractivity contribution in [2.45, 2.75) is 24.7 Å². The van der Waals surface area contributed by atoms with E-state index in [0.29, 0.717) is 34.9 Å². The van der Waals surface area contributed by atoms with E-state index >= 15 is 0 Å². The van der Waals surface area contributed by atoms with Crippen molar-refractivity contribution in [3.05, 3.63) is 422 Å². The number of hydrogen-bond acceptors (Lipinski definition) is 8. The van der Waals surface area contributed by atoms with Crippen molar-refractivity contribution in [3.63, 3.8) is 0 Å². The highest BCUT2D eigenvalue weighted by molar-refractivity contribution is 6.00. The summed E-state index contributed by atoms with van der Waals surface area (Å²) in [4.78, 5) is 38.3. The van der Waals surface area contributed by atoms with Crippen LogP contribution in [0.1, 0.15) is 47.2 Å². The molecule has 1 spiro atoms. The summed E-state index contributed by atoms with van der Waals surface area (Å²) >= 11 is 0. The highest BCUT2D eigenvalue weighted by Crippen LogP contribution is 2.64. The molecule has 14 aromatic carbocycles. The molecule has 0 saturated carbocycles. The minimum atomic E-state index is -0.358. The smallest absolute Gasteiger partial charge is 0.164 e. The Morgan fingerprint density at radius 2 is 0.411 bits per heavy atom. The first-order valence-corrected chi connectivity index (χ1v) is 38.0. The Morgan fingerprint density at radius 3 is 0.768 bits per heavy atom. The van der Waals surface area contributed by atoms with E-state index in [2.05, 4.69) is 315 Å². The van der Waals surface area contributed by atoms with Crippen molar-refractivity contribution in [1.82, 2.24) is 39.9 Å². The zero-order valence-electron chi connectivity index (χ0n) is 61.5.